The number of alkyl halides is 3. The molecule has 6 nitrogen and oxygen atoms in total. The van der Waals surface area contributed by atoms with Crippen molar-refractivity contribution in [1.29, 1.82) is 0 Å². The highest BCUT2D eigenvalue weighted by molar-refractivity contribution is 6.32. The quantitative estimate of drug-likeness (QED) is 0.546. The molecule has 0 fully saturated rings. The van der Waals surface area contributed by atoms with Crippen LogP contribution in [0.2, 0.25) is 0 Å². The van der Waals surface area contributed by atoms with Gasteiger partial charge < -0.3 is 9.52 Å². The molecule has 2 heterocycles. The maximum absolute atomic E-state index is 13.0. The minimum atomic E-state index is -4.54. The van der Waals surface area contributed by atoms with E-state index < -0.39 is 23.6 Å². The first kappa shape index (κ1) is 21.1. The molecule has 3 aromatic rings. The van der Waals surface area contributed by atoms with E-state index in [1.165, 1.54) is 30.3 Å². The standard InChI is InChI=1S/C23H15F3N2O4/c1-13-19(21(29)28(27-13)17-7-3-6-16(11-17)23(24,25)26)12-18-8-9-20(32-18)14-4-2-5-15(10-14)22(30)31/h2-12H,1H3,(H,30,31)/b19-12+. The van der Waals surface area contributed by atoms with Crippen molar-refractivity contribution in [2.75, 3.05) is 5.01 Å². The number of amides is 1. The first-order valence-electron chi connectivity index (χ1n) is 9.36. The Morgan fingerprint density at radius 2 is 1.84 bits per heavy atom. The van der Waals surface area contributed by atoms with Gasteiger partial charge in [0.25, 0.3) is 5.91 Å². The number of carboxylic acids is 1. The first-order valence-corrected chi connectivity index (χ1v) is 9.36. The van der Waals surface area contributed by atoms with Gasteiger partial charge in [-0.05, 0) is 55.5 Å². The molecule has 0 atom stereocenters. The van der Waals surface area contributed by atoms with Gasteiger partial charge in [-0.1, -0.05) is 18.2 Å². The summed E-state index contributed by atoms with van der Waals surface area (Å²) in [4.78, 5) is 24.0. The molecule has 0 saturated carbocycles. The van der Waals surface area contributed by atoms with E-state index in [1.807, 2.05) is 0 Å². The van der Waals surface area contributed by atoms with Crippen molar-refractivity contribution in [2.24, 2.45) is 5.10 Å². The van der Waals surface area contributed by atoms with E-state index in [4.69, 9.17) is 9.52 Å². The second-order valence-corrected chi connectivity index (χ2v) is 7.00. The van der Waals surface area contributed by atoms with Crippen LogP contribution in [0.1, 0.15) is 28.6 Å². The molecule has 1 amide bonds. The fourth-order valence-electron chi connectivity index (χ4n) is 3.21. The summed E-state index contributed by atoms with van der Waals surface area (Å²) in [5, 5.41) is 14.1. The van der Waals surface area contributed by atoms with Crippen LogP contribution in [0.5, 0.6) is 0 Å². The zero-order chi connectivity index (χ0) is 23.0. The van der Waals surface area contributed by atoms with E-state index >= 15 is 0 Å². The van der Waals surface area contributed by atoms with Crippen LogP contribution < -0.4 is 5.01 Å². The zero-order valence-corrected chi connectivity index (χ0v) is 16.6. The summed E-state index contributed by atoms with van der Waals surface area (Å²) in [5.41, 5.74) is 0.249. The SMILES string of the molecule is CC1=NN(c2cccc(C(F)(F)F)c2)C(=O)/C1=C/c1ccc(-c2cccc(C(=O)O)c2)o1. The number of furan rings is 1. The average molecular weight is 440 g/mol. The molecule has 32 heavy (non-hydrogen) atoms. The van der Waals surface area contributed by atoms with Gasteiger partial charge >= 0.3 is 12.1 Å². The molecule has 2 aromatic carbocycles. The third-order valence-electron chi connectivity index (χ3n) is 4.79. The summed E-state index contributed by atoms with van der Waals surface area (Å²) in [6.07, 6.45) is -3.10. The van der Waals surface area contributed by atoms with E-state index in [-0.39, 0.29) is 16.8 Å². The summed E-state index contributed by atoms with van der Waals surface area (Å²) in [5.74, 6) is -0.953. The van der Waals surface area contributed by atoms with Gasteiger partial charge in [0, 0.05) is 5.56 Å². The fourth-order valence-corrected chi connectivity index (χ4v) is 3.21. The maximum Gasteiger partial charge on any atom is 0.416 e. The summed E-state index contributed by atoms with van der Waals surface area (Å²) < 4.78 is 44.8. The highest BCUT2D eigenvalue weighted by Crippen LogP contribution is 2.33. The number of rotatable bonds is 4. The number of nitrogens with zero attached hydrogens (tertiary/aromatic N) is 2. The number of aromatic carboxylic acids is 1. The molecular formula is C23H15F3N2O4. The molecular weight excluding hydrogens is 425 g/mol. The van der Waals surface area contributed by atoms with Crippen molar-refractivity contribution in [3.8, 4) is 11.3 Å². The lowest BCUT2D eigenvalue weighted by molar-refractivity contribution is -0.137. The molecule has 0 bridgehead atoms. The number of hydrogen-bond donors (Lipinski definition) is 1. The number of hydrogen-bond acceptors (Lipinski definition) is 4. The normalized spacial score (nSPS) is 15.4. The largest absolute Gasteiger partial charge is 0.478 e. The number of anilines is 1. The molecule has 0 radical (unpaired) electrons. The van der Waals surface area contributed by atoms with Crippen LogP contribution in [0.3, 0.4) is 0 Å². The van der Waals surface area contributed by atoms with Gasteiger partial charge in [-0.3, -0.25) is 4.79 Å². The number of carbonyl (C=O) groups is 2. The number of carboxylic acid groups (broad SMARTS) is 1. The Morgan fingerprint density at radius 1 is 1.09 bits per heavy atom. The number of hydrazone groups is 1. The first-order chi connectivity index (χ1) is 15.1. The van der Waals surface area contributed by atoms with E-state index in [9.17, 15) is 22.8 Å². The molecule has 0 aliphatic carbocycles. The third-order valence-corrected chi connectivity index (χ3v) is 4.79. The van der Waals surface area contributed by atoms with Crippen LogP contribution in [0.25, 0.3) is 17.4 Å². The Morgan fingerprint density at radius 3 is 2.56 bits per heavy atom. The number of benzene rings is 2. The van der Waals surface area contributed by atoms with Crippen LogP contribution >= 0.6 is 0 Å². The van der Waals surface area contributed by atoms with Crippen molar-refractivity contribution >= 4 is 29.4 Å². The molecule has 1 aromatic heterocycles. The molecule has 1 aliphatic heterocycles. The fraction of sp³-hybridized carbons (Fsp3) is 0.0870. The van der Waals surface area contributed by atoms with Crippen molar-refractivity contribution in [2.45, 2.75) is 13.1 Å². The highest BCUT2D eigenvalue weighted by Gasteiger charge is 2.33. The molecule has 0 unspecified atom stereocenters. The molecule has 162 valence electrons. The summed E-state index contributed by atoms with van der Waals surface area (Å²) in [7, 11) is 0. The third kappa shape index (κ3) is 4.04. The monoisotopic (exact) mass is 440 g/mol. The second kappa shape index (κ2) is 7.84. The smallest absolute Gasteiger partial charge is 0.416 e. The molecule has 4 rings (SSSR count). The van der Waals surface area contributed by atoms with Gasteiger partial charge in [-0.2, -0.15) is 23.3 Å². The van der Waals surface area contributed by atoms with Crippen LogP contribution in [0.4, 0.5) is 18.9 Å². The Balaban J connectivity index is 1.62. The lowest BCUT2D eigenvalue weighted by Gasteiger charge is -2.14. The van der Waals surface area contributed by atoms with Crippen LogP contribution in [0, 0.1) is 0 Å². The maximum atomic E-state index is 13.0. The van der Waals surface area contributed by atoms with Crippen molar-refractivity contribution in [3.05, 3.63) is 83.1 Å². The Hall–Kier alpha value is -4.14. The minimum absolute atomic E-state index is 0.00167. The van der Waals surface area contributed by atoms with Gasteiger partial charge in [-0.15, -0.1) is 0 Å². The van der Waals surface area contributed by atoms with Gasteiger partial charge in [0.1, 0.15) is 11.5 Å². The Bertz CT molecular complexity index is 1290. The van der Waals surface area contributed by atoms with Crippen LogP contribution in [-0.4, -0.2) is 22.7 Å². The molecule has 0 spiro atoms. The lowest BCUT2D eigenvalue weighted by atomic mass is 10.1. The number of carbonyl (C=O) groups excluding carboxylic acids is 1. The minimum Gasteiger partial charge on any atom is -0.478 e. The van der Waals surface area contributed by atoms with Crippen molar-refractivity contribution < 1.29 is 32.3 Å². The molecule has 9 heteroatoms. The molecule has 1 aliphatic rings. The van der Waals surface area contributed by atoms with Crippen LogP contribution in [0.15, 0.2) is 75.8 Å². The van der Waals surface area contributed by atoms with E-state index in [1.54, 1.807) is 31.2 Å². The number of halogens is 3. The lowest BCUT2D eigenvalue weighted by Crippen LogP contribution is -2.21. The van der Waals surface area contributed by atoms with Gasteiger partial charge in [0.2, 0.25) is 0 Å². The summed E-state index contributed by atoms with van der Waals surface area (Å²) in [6, 6.07) is 13.8. The van der Waals surface area contributed by atoms with Crippen LogP contribution in [-0.2, 0) is 11.0 Å². The Kier molecular flexibility index (Phi) is 5.17. The van der Waals surface area contributed by atoms with E-state index in [0.717, 1.165) is 17.1 Å². The predicted molar refractivity (Wildman–Crippen MR) is 111 cm³/mol. The van der Waals surface area contributed by atoms with Gasteiger partial charge in [-0.25, -0.2) is 4.79 Å². The van der Waals surface area contributed by atoms with Crippen molar-refractivity contribution in [3.63, 3.8) is 0 Å². The second-order valence-electron chi connectivity index (χ2n) is 7.00. The van der Waals surface area contributed by atoms with E-state index in [0.29, 0.717) is 22.8 Å². The molecule has 1 N–H and O–H groups in total. The highest BCUT2D eigenvalue weighted by atomic mass is 19.4. The van der Waals surface area contributed by atoms with Crippen molar-refractivity contribution in [1.82, 2.24) is 0 Å². The topological polar surface area (TPSA) is 83.1 Å². The summed E-state index contributed by atoms with van der Waals surface area (Å²) >= 11 is 0. The molecule has 0 saturated heterocycles. The zero-order valence-electron chi connectivity index (χ0n) is 16.6. The van der Waals surface area contributed by atoms with E-state index in [2.05, 4.69) is 5.10 Å². The Labute approximate surface area is 179 Å². The van der Waals surface area contributed by atoms with Gasteiger partial charge in [0.15, 0.2) is 0 Å². The van der Waals surface area contributed by atoms with Gasteiger partial charge in [0.05, 0.1) is 28.1 Å². The summed E-state index contributed by atoms with van der Waals surface area (Å²) in [6.45, 7) is 1.57. The average Bonchev–Trinajstić information content (AvgIpc) is 3.34. The predicted octanol–water partition coefficient (Wildman–Crippen LogP) is 5.47.